The van der Waals surface area contributed by atoms with E-state index in [1.165, 1.54) is 11.8 Å². The van der Waals surface area contributed by atoms with Crippen molar-refractivity contribution in [1.82, 2.24) is 34.2 Å². The van der Waals surface area contributed by atoms with E-state index in [-0.39, 0.29) is 5.91 Å². The van der Waals surface area contributed by atoms with Gasteiger partial charge in [0.25, 0.3) is 0 Å². The van der Waals surface area contributed by atoms with Crippen molar-refractivity contribution < 1.29 is 4.79 Å². The number of H-pyrrole nitrogens is 1. The maximum atomic E-state index is 10.1. The van der Waals surface area contributed by atoms with Crippen LogP contribution in [0.1, 0.15) is 12.6 Å². The first-order valence-electron chi connectivity index (χ1n) is 7.40. The molecule has 8 nitrogen and oxygen atoms in total. The van der Waals surface area contributed by atoms with E-state index >= 15 is 0 Å². The average Bonchev–Trinajstić information content (AvgIpc) is 3.23. The SMILES string of the molecule is CC(=O)N(C)C.Cc1cc(-c2nccn2C)n[nH]1.Cn1ccnc1. The van der Waals surface area contributed by atoms with Crippen molar-refractivity contribution >= 4 is 5.91 Å². The normalized spacial score (nSPS) is 9.42. The zero-order valence-corrected chi connectivity index (χ0v) is 15.1. The first kappa shape index (κ1) is 19.1. The van der Waals surface area contributed by atoms with Crippen molar-refractivity contribution in [3.05, 3.63) is 42.9 Å². The molecule has 130 valence electrons. The summed E-state index contributed by atoms with van der Waals surface area (Å²) in [6.45, 7) is 3.50. The quantitative estimate of drug-likeness (QED) is 0.734. The Morgan fingerprint density at radius 3 is 2.17 bits per heavy atom. The van der Waals surface area contributed by atoms with Crippen molar-refractivity contribution in [2.45, 2.75) is 13.8 Å². The van der Waals surface area contributed by atoms with Crippen molar-refractivity contribution in [2.24, 2.45) is 14.1 Å². The summed E-state index contributed by atoms with van der Waals surface area (Å²) in [6, 6.07) is 1.97. The molecule has 0 radical (unpaired) electrons. The minimum absolute atomic E-state index is 0.0926. The maximum absolute atomic E-state index is 10.1. The van der Waals surface area contributed by atoms with E-state index in [0.29, 0.717) is 0 Å². The highest BCUT2D eigenvalue weighted by molar-refractivity contribution is 5.72. The van der Waals surface area contributed by atoms with Crippen LogP contribution in [0.15, 0.2) is 37.2 Å². The first-order valence-corrected chi connectivity index (χ1v) is 7.40. The Labute approximate surface area is 142 Å². The Hall–Kier alpha value is -2.90. The second-order valence-electron chi connectivity index (χ2n) is 5.44. The minimum atomic E-state index is 0.0926. The molecule has 0 fully saturated rings. The fourth-order valence-electron chi connectivity index (χ4n) is 1.47. The average molecular weight is 331 g/mol. The van der Waals surface area contributed by atoms with Crippen LogP contribution in [0.5, 0.6) is 0 Å². The van der Waals surface area contributed by atoms with Crippen LogP contribution in [-0.2, 0) is 18.9 Å². The smallest absolute Gasteiger partial charge is 0.218 e. The molecular weight excluding hydrogens is 306 g/mol. The number of hydrogen-bond acceptors (Lipinski definition) is 4. The molecule has 0 aliphatic carbocycles. The molecule has 3 aromatic rings. The molecule has 0 aliphatic rings. The number of carbonyl (C=O) groups excluding carboxylic acids is 1. The van der Waals surface area contributed by atoms with Crippen molar-refractivity contribution in [3.8, 4) is 11.5 Å². The molecule has 0 unspecified atom stereocenters. The third-order valence-electron chi connectivity index (χ3n) is 3.02. The highest BCUT2D eigenvalue weighted by Crippen LogP contribution is 2.13. The van der Waals surface area contributed by atoms with Crippen LogP contribution in [0.2, 0.25) is 0 Å². The molecule has 0 aromatic carbocycles. The summed E-state index contributed by atoms with van der Waals surface area (Å²) >= 11 is 0. The topological polar surface area (TPSA) is 84.6 Å². The van der Waals surface area contributed by atoms with Gasteiger partial charge in [0.2, 0.25) is 5.91 Å². The third-order valence-corrected chi connectivity index (χ3v) is 3.02. The molecular formula is C16H25N7O. The number of amides is 1. The second kappa shape index (κ2) is 9.29. The van der Waals surface area contributed by atoms with Gasteiger partial charge in [-0.15, -0.1) is 0 Å². The molecule has 3 heterocycles. The van der Waals surface area contributed by atoms with Gasteiger partial charge in [-0.3, -0.25) is 9.89 Å². The van der Waals surface area contributed by atoms with Crippen molar-refractivity contribution in [1.29, 1.82) is 0 Å². The lowest BCUT2D eigenvalue weighted by Crippen LogP contribution is -2.17. The lowest BCUT2D eigenvalue weighted by atomic mass is 10.3. The van der Waals surface area contributed by atoms with Crippen LogP contribution in [0.4, 0.5) is 0 Å². The number of aromatic nitrogens is 6. The fourth-order valence-corrected chi connectivity index (χ4v) is 1.47. The molecule has 0 spiro atoms. The Bertz CT molecular complexity index is 725. The van der Waals surface area contributed by atoms with E-state index in [1.807, 2.05) is 48.6 Å². The van der Waals surface area contributed by atoms with Crippen molar-refractivity contribution in [2.75, 3.05) is 14.1 Å². The van der Waals surface area contributed by atoms with E-state index in [1.54, 1.807) is 32.8 Å². The number of aryl methyl sites for hydroxylation is 3. The van der Waals surface area contributed by atoms with Crippen LogP contribution < -0.4 is 0 Å². The number of carbonyl (C=O) groups is 1. The van der Waals surface area contributed by atoms with Gasteiger partial charge in [-0.2, -0.15) is 5.10 Å². The summed E-state index contributed by atoms with van der Waals surface area (Å²) in [6.07, 6.45) is 9.05. The van der Waals surface area contributed by atoms with Crippen molar-refractivity contribution in [3.63, 3.8) is 0 Å². The molecule has 3 aromatic heterocycles. The zero-order chi connectivity index (χ0) is 18.1. The third kappa shape index (κ3) is 6.47. The molecule has 0 saturated heterocycles. The van der Waals surface area contributed by atoms with Gasteiger partial charge in [0.1, 0.15) is 5.69 Å². The van der Waals surface area contributed by atoms with Crippen LogP contribution in [0.3, 0.4) is 0 Å². The van der Waals surface area contributed by atoms with Gasteiger partial charge in [0, 0.05) is 65.6 Å². The summed E-state index contributed by atoms with van der Waals surface area (Å²) in [4.78, 5) is 19.6. The summed E-state index contributed by atoms with van der Waals surface area (Å²) < 4.78 is 3.83. The summed E-state index contributed by atoms with van der Waals surface area (Å²) in [5, 5.41) is 6.99. The second-order valence-corrected chi connectivity index (χ2v) is 5.44. The van der Waals surface area contributed by atoms with Gasteiger partial charge >= 0.3 is 0 Å². The standard InChI is InChI=1S/C8H10N4.C4H6N2.C4H9NO/c1-6-5-7(11-10-6)8-9-3-4-12(8)2;1-6-3-2-5-4-6;1-4(6)5(2)3/h3-5H,1-2H3,(H,10,11);2-4H,1H3;1-3H3. The predicted molar refractivity (Wildman–Crippen MR) is 93.1 cm³/mol. The van der Waals surface area contributed by atoms with Crippen LogP contribution in [0.25, 0.3) is 11.5 Å². The highest BCUT2D eigenvalue weighted by Gasteiger charge is 2.05. The van der Waals surface area contributed by atoms with Gasteiger partial charge in [-0.05, 0) is 13.0 Å². The van der Waals surface area contributed by atoms with Gasteiger partial charge in [-0.25, -0.2) is 9.97 Å². The van der Waals surface area contributed by atoms with Gasteiger partial charge in [0.15, 0.2) is 5.82 Å². The highest BCUT2D eigenvalue weighted by atomic mass is 16.2. The summed E-state index contributed by atoms with van der Waals surface area (Å²) in [5.41, 5.74) is 1.94. The number of nitrogens with zero attached hydrogens (tertiary/aromatic N) is 6. The molecule has 0 atom stereocenters. The molecule has 0 aliphatic heterocycles. The van der Waals surface area contributed by atoms with Crippen LogP contribution >= 0.6 is 0 Å². The number of aromatic amines is 1. The van der Waals surface area contributed by atoms with Gasteiger partial charge < -0.3 is 14.0 Å². The lowest BCUT2D eigenvalue weighted by molar-refractivity contribution is -0.126. The maximum Gasteiger partial charge on any atom is 0.218 e. The Morgan fingerprint density at radius 2 is 1.88 bits per heavy atom. The lowest BCUT2D eigenvalue weighted by Gasteiger charge is -2.02. The molecule has 8 heteroatoms. The molecule has 1 amide bonds. The summed E-state index contributed by atoms with van der Waals surface area (Å²) in [5.74, 6) is 0.981. The number of hydrogen-bond donors (Lipinski definition) is 1. The fraction of sp³-hybridized carbons (Fsp3) is 0.375. The van der Waals surface area contributed by atoms with Gasteiger partial charge in [-0.1, -0.05) is 0 Å². The zero-order valence-electron chi connectivity index (χ0n) is 15.1. The van der Waals surface area contributed by atoms with E-state index in [9.17, 15) is 4.79 Å². The van der Waals surface area contributed by atoms with E-state index in [2.05, 4.69) is 20.2 Å². The number of nitrogens with one attached hydrogen (secondary N) is 1. The van der Waals surface area contributed by atoms with E-state index in [4.69, 9.17) is 0 Å². The molecule has 3 rings (SSSR count). The number of imidazole rings is 2. The minimum Gasteiger partial charge on any atom is -0.349 e. The molecule has 0 saturated carbocycles. The molecule has 0 bridgehead atoms. The molecule has 1 N–H and O–H groups in total. The Morgan fingerprint density at radius 1 is 1.21 bits per heavy atom. The van der Waals surface area contributed by atoms with E-state index < -0.39 is 0 Å². The van der Waals surface area contributed by atoms with Gasteiger partial charge in [0.05, 0.1) is 6.33 Å². The largest absolute Gasteiger partial charge is 0.349 e. The van der Waals surface area contributed by atoms with E-state index in [0.717, 1.165) is 17.2 Å². The molecule has 24 heavy (non-hydrogen) atoms. The Kier molecular flexibility index (Phi) is 7.41. The summed E-state index contributed by atoms with van der Waals surface area (Å²) in [7, 11) is 7.34. The monoisotopic (exact) mass is 331 g/mol. The predicted octanol–water partition coefficient (Wildman–Crippen LogP) is 1.63. The first-order chi connectivity index (χ1) is 11.3. The number of rotatable bonds is 1. The van der Waals surface area contributed by atoms with Crippen LogP contribution in [-0.4, -0.2) is 54.2 Å². The Balaban J connectivity index is 0.000000203. The van der Waals surface area contributed by atoms with Crippen LogP contribution in [0, 0.1) is 6.92 Å².